The zero-order valence-electron chi connectivity index (χ0n) is 11.6. The lowest BCUT2D eigenvalue weighted by Gasteiger charge is -2.13. The lowest BCUT2D eigenvalue weighted by Crippen LogP contribution is -2.43. The second-order valence-corrected chi connectivity index (χ2v) is 4.43. The molecule has 0 saturated carbocycles. The number of amides is 2. The SMILES string of the molecule is CCn1c(=O)c(C(=O)NNC(C)=O)c(O)c2ccccc21. The Bertz CT molecular complexity index is 780. The molecule has 2 rings (SSSR count). The van der Waals surface area contributed by atoms with Crippen LogP contribution in [0.2, 0.25) is 0 Å². The van der Waals surface area contributed by atoms with E-state index >= 15 is 0 Å². The van der Waals surface area contributed by atoms with Gasteiger partial charge in [0.1, 0.15) is 11.3 Å². The Morgan fingerprint density at radius 1 is 1.24 bits per heavy atom. The number of carbonyl (C=O) groups is 2. The number of hydrogen-bond donors (Lipinski definition) is 3. The summed E-state index contributed by atoms with van der Waals surface area (Å²) in [5.74, 6) is -1.75. The van der Waals surface area contributed by atoms with E-state index in [4.69, 9.17) is 0 Å². The molecule has 0 aliphatic carbocycles. The second kappa shape index (κ2) is 5.66. The average molecular weight is 289 g/mol. The van der Waals surface area contributed by atoms with Crippen molar-refractivity contribution in [3.63, 3.8) is 0 Å². The summed E-state index contributed by atoms with van der Waals surface area (Å²) in [4.78, 5) is 35.2. The molecule has 0 atom stereocenters. The molecule has 0 spiro atoms. The Kier molecular flexibility index (Phi) is 3.93. The number of aromatic hydroxyl groups is 1. The summed E-state index contributed by atoms with van der Waals surface area (Å²) >= 11 is 0. The lowest BCUT2D eigenvalue weighted by molar-refractivity contribution is -0.119. The van der Waals surface area contributed by atoms with E-state index in [1.54, 1.807) is 31.2 Å². The number of para-hydroxylation sites is 1. The predicted octanol–water partition coefficient (Wildman–Crippen LogP) is 0.508. The van der Waals surface area contributed by atoms with Gasteiger partial charge in [-0.05, 0) is 19.1 Å². The number of hydrogen-bond acceptors (Lipinski definition) is 4. The third-order valence-electron chi connectivity index (χ3n) is 3.04. The maximum atomic E-state index is 12.4. The van der Waals surface area contributed by atoms with Crippen LogP contribution in [0.1, 0.15) is 24.2 Å². The lowest BCUT2D eigenvalue weighted by atomic mass is 10.1. The molecule has 0 fully saturated rings. The molecule has 0 bridgehead atoms. The van der Waals surface area contributed by atoms with Crippen LogP contribution in [0, 0.1) is 0 Å². The van der Waals surface area contributed by atoms with Gasteiger partial charge in [0.15, 0.2) is 0 Å². The Hall–Kier alpha value is -2.83. The second-order valence-electron chi connectivity index (χ2n) is 4.43. The molecule has 2 aromatic rings. The van der Waals surface area contributed by atoms with Gasteiger partial charge in [-0.15, -0.1) is 0 Å². The summed E-state index contributed by atoms with van der Waals surface area (Å²) in [6.07, 6.45) is 0. The number of hydrazine groups is 1. The van der Waals surface area contributed by atoms with Crippen molar-refractivity contribution >= 4 is 22.7 Å². The van der Waals surface area contributed by atoms with Crippen molar-refractivity contribution in [3.05, 3.63) is 40.2 Å². The molecule has 110 valence electrons. The summed E-state index contributed by atoms with van der Waals surface area (Å²) in [5, 5.41) is 10.6. The molecule has 0 radical (unpaired) electrons. The molecule has 1 heterocycles. The Labute approximate surface area is 120 Å². The highest BCUT2D eigenvalue weighted by Gasteiger charge is 2.21. The molecular weight excluding hydrogens is 274 g/mol. The van der Waals surface area contributed by atoms with Gasteiger partial charge in [0.05, 0.1) is 5.52 Å². The van der Waals surface area contributed by atoms with E-state index in [2.05, 4.69) is 10.9 Å². The summed E-state index contributed by atoms with van der Waals surface area (Å²) in [7, 11) is 0. The summed E-state index contributed by atoms with van der Waals surface area (Å²) in [6, 6.07) is 6.74. The predicted molar refractivity (Wildman–Crippen MR) is 76.8 cm³/mol. The van der Waals surface area contributed by atoms with E-state index in [9.17, 15) is 19.5 Å². The first-order chi connectivity index (χ1) is 9.97. The van der Waals surface area contributed by atoms with E-state index < -0.39 is 28.7 Å². The van der Waals surface area contributed by atoms with Gasteiger partial charge >= 0.3 is 0 Å². The standard InChI is InChI=1S/C14H15N3O4/c1-3-17-10-7-5-4-6-9(10)12(19)11(14(17)21)13(20)16-15-8(2)18/h4-7,19H,3H2,1-2H3,(H,15,18)(H,16,20). The highest BCUT2D eigenvalue weighted by molar-refractivity contribution is 6.02. The maximum Gasteiger partial charge on any atom is 0.279 e. The minimum absolute atomic E-state index is 0.347. The van der Waals surface area contributed by atoms with Crippen molar-refractivity contribution < 1.29 is 14.7 Å². The molecule has 7 heteroatoms. The minimum atomic E-state index is -0.861. The van der Waals surface area contributed by atoms with E-state index in [0.29, 0.717) is 17.4 Å². The van der Waals surface area contributed by atoms with Gasteiger partial charge in [-0.2, -0.15) is 0 Å². The normalized spacial score (nSPS) is 10.4. The monoisotopic (exact) mass is 289 g/mol. The first-order valence-corrected chi connectivity index (χ1v) is 6.38. The quantitative estimate of drug-likeness (QED) is 0.701. The van der Waals surface area contributed by atoms with Crippen LogP contribution in [-0.4, -0.2) is 21.5 Å². The van der Waals surface area contributed by atoms with E-state index in [-0.39, 0.29) is 0 Å². The number of nitrogens with one attached hydrogen (secondary N) is 2. The Morgan fingerprint density at radius 2 is 1.90 bits per heavy atom. The number of rotatable bonds is 2. The highest BCUT2D eigenvalue weighted by atomic mass is 16.3. The van der Waals surface area contributed by atoms with Crippen molar-refractivity contribution in [1.82, 2.24) is 15.4 Å². The molecule has 0 saturated heterocycles. The molecule has 1 aromatic heterocycles. The van der Waals surface area contributed by atoms with Gasteiger partial charge in [-0.1, -0.05) is 12.1 Å². The fourth-order valence-corrected chi connectivity index (χ4v) is 2.12. The number of benzene rings is 1. The van der Waals surface area contributed by atoms with Gasteiger partial charge in [0.2, 0.25) is 5.91 Å². The zero-order valence-corrected chi connectivity index (χ0v) is 11.6. The van der Waals surface area contributed by atoms with Crippen LogP contribution in [0.5, 0.6) is 5.75 Å². The Morgan fingerprint density at radius 3 is 2.52 bits per heavy atom. The van der Waals surface area contributed by atoms with Crippen LogP contribution in [0.25, 0.3) is 10.9 Å². The molecule has 7 nitrogen and oxygen atoms in total. The zero-order chi connectivity index (χ0) is 15.6. The van der Waals surface area contributed by atoms with Crippen LogP contribution in [0.4, 0.5) is 0 Å². The van der Waals surface area contributed by atoms with Crippen LogP contribution in [0.15, 0.2) is 29.1 Å². The largest absolute Gasteiger partial charge is 0.506 e. The summed E-state index contributed by atoms with van der Waals surface area (Å²) in [6.45, 7) is 3.32. The van der Waals surface area contributed by atoms with E-state index in [0.717, 1.165) is 0 Å². The van der Waals surface area contributed by atoms with E-state index in [1.807, 2.05) is 0 Å². The van der Waals surface area contributed by atoms with Crippen molar-refractivity contribution in [2.24, 2.45) is 0 Å². The topological polar surface area (TPSA) is 100 Å². The molecule has 0 aliphatic rings. The molecular formula is C14H15N3O4. The van der Waals surface area contributed by atoms with Gasteiger partial charge in [-0.25, -0.2) is 0 Å². The van der Waals surface area contributed by atoms with Crippen molar-refractivity contribution in [1.29, 1.82) is 0 Å². The van der Waals surface area contributed by atoms with Gasteiger partial charge in [0.25, 0.3) is 11.5 Å². The molecule has 2 amide bonds. The smallest absolute Gasteiger partial charge is 0.279 e. The Balaban J connectivity index is 2.66. The number of nitrogens with zero attached hydrogens (tertiary/aromatic N) is 1. The molecule has 0 aliphatic heterocycles. The van der Waals surface area contributed by atoms with Crippen molar-refractivity contribution in [2.75, 3.05) is 0 Å². The van der Waals surface area contributed by atoms with Crippen molar-refractivity contribution in [3.8, 4) is 5.75 Å². The number of aromatic nitrogens is 1. The van der Waals surface area contributed by atoms with Gasteiger partial charge < -0.3 is 9.67 Å². The number of fused-ring (bicyclic) bond motifs is 1. The first kappa shape index (κ1) is 14.6. The molecule has 0 unspecified atom stereocenters. The van der Waals surface area contributed by atoms with Crippen LogP contribution in [0.3, 0.4) is 0 Å². The third kappa shape index (κ3) is 2.58. The maximum absolute atomic E-state index is 12.4. The minimum Gasteiger partial charge on any atom is -0.506 e. The summed E-state index contributed by atoms with van der Waals surface area (Å²) in [5.41, 5.74) is 3.70. The highest BCUT2D eigenvalue weighted by Crippen LogP contribution is 2.25. The van der Waals surface area contributed by atoms with Gasteiger partial charge in [-0.3, -0.25) is 25.2 Å². The number of carbonyl (C=O) groups excluding carboxylic acids is 2. The summed E-state index contributed by atoms with van der Waals surface area (Å²) < 4.78 is 1.39. The van der Waals surface area contributed by atoms with Gasteiger partial charge in [0, 0.05) is 18.9 Å². The third-order valence-corrected chi connectivity index (χ3v) is 3.04. The fourth-order valence-electron chi connectivity index (χ4n) is 2.12. The van der Waals surface area contributed by atoms with Crippen LogP contribution in [-0.2, 0) is 11.3 Å². The molecule has 21 heavy (non-hydrogen) atoms. The first-order valence-electron chi connectivity index (χ1n) is 6.38. The van der Waals surface area contributed by atoms with E-state index in [1.165, 1.54) is 11.5 Å². The fraction of sp³-hybridized carbons (Fsp3) is 0.214. The molecule has 1 aromatic carbocycles. The van der Waals surface area contributed by atoms with Crippen LogP contribution >= 0.6 is 0 Å². The average Bonchev–Trinajstić information content (AvgIpc) is 2.46. The number of pyridine rings is 1. The van der Waals surface area contributed by atoms with Crippen molar-refractivity contribution in [2.45, 2.75) is 20.4 Å². The number of aryl methyl sites for hydroxylation is 1. The molecule has 3 N–H and O–H groups in total. The van der Waals surface area contributed by atoms with Crippen LogP contribution < -0.4 is 16.4 Å².